The van der Waals surface area contributed by atoms with Gasteiger partial charge in [0, 0.05) is 4.47 Å². The Balaban J connectivity index is 2.31. The molecule has 0 aliphatic rings. The Morgan fingerprint density at radius 3 is 2.56 bits per heavy atom. The van der Waals surface area contributed by atoms with Crippen molar-refractivity contribution in [3.05, 3.63) is 51.4 Å². The van der Waals surface area contributed by atoms with Crippen LogP contribution in [0.3, 0.4) is 0 Å². The number of rotatable bonds is 2. The average molecular weight is 308 g/mol. The third-order valence-corrected chi connectivity index (χ3v) is 3.40. The monoisotopic (exact) mass is 307 g/mol. The van der Waals surface area contributed by atoms with Crippen LogP contribution in [0.25, 0.3) is 0 Å². The highest BCUT2D eigenvalue weighted by Gasteiger charge is 2.14. The number of hydrogen-bond acceptors (Lipinski definition) is 2. The fraction of sp³-hybridized carbons (Fsp3) is 0.214. The quantitative estimate of drug-likeness (QED) is 0.902. The lowest BCUT2D eigenvalue weighted by Crippen LogP contribution is -2.13. The molecule has 3 nitrogen and oxygen atoms in total. The number of anilines is 1. The summed E-state index contributed by atoms with van der Waals surface area (Å²) in [5, 5.41) is 2.90. The minimum absolute atomic E-state index is 0.158. The van der Waals surface area contributed by atoms with Crippen molar-refractivity contribution in [2.45, 2.75) is 20.8 Å². The van der Waals surface area contributed by atoms with Crippen LogP contribution in [0.1, 0.15) is 27.2 Å². The molecule has 0 unspecified atom stereocenters. The standard InChI is InChI=1S/C14H14BrNO2/c1-8-6-9(2)13(12(15)7-8)16-14(17)11-4-5-18-10(11)3/h4-7H,1-3H3,(H,16,17). The van der Waals surface area contributed by atoms with E-state index < -0.39 is 0 Å². The predicted molar refractivity (Wildman–Crippen MR) is 75.0 cm³/mol. The number of hydrogen-bond donors (Lipinski definition) is 1. The lowest BCUT2D eigenvalue weighted by Gasteiger charge is -2.11. The summed E-state index contributed by atoms with van der Waals surface area (Å²) >= 11 is 3.47. The van der Waals surface area contributed by atoms with Crippen LogP contribution in [0.15, 0.2) is 33.4 Å². The van der Waals surface area contributed by atoms with Crippen molar-refractivity contribution in [2.75, 3.05) is 5.32 Å². The third-order valence-electron chi connectivity index (χ3n) is 2.77. The van der Waals surface area contributed by atoms with E-state index in [4.69, 9.17) is 4.42 Å². The zero-order valence-corrected chi connectivity index (χ0v) is 12.1. The summed E-state index contributed by atoms with van der Waals surface area (Å²) in [6.45, 7) is 5.76. The molecule has 1 heterocycles. The van der Waals surface area contributed by atoms with E-state index in [1.54, 1.807) is 13.0 Å². The summed E-state index contributed by atoms with van der Waals surface area (Å²) < 4.78 is 6.01. The van der Waals surface area contributed by atoms with E-state index >= 15 is 0 Å². The van der Waals surface area contributed by atoms with E-state index in [2.05, 4.69) is 21.2 Å². The van der Waals surface area contributed by atoms with Gasteiger partial charge in [-0.1, -0.05) is 6.07 Å². The van der Waals surface area contributed by atoms with E-state index in [0.717, 1.165) is 21.3 Å². The third kappa shape index (κ3) is 2.48. The van der Waals surface area contributed by atoms with E-state index in [1.807, 2.05) is 26.0 Å². The van der Waals surface area contributed by atoms with Crippen molar-refractivity contribution in [3.63, 3.8) is 0 Å². The Morgan fingerprint density at radius 2 is 2.00 bits per heavy atom. The van der Waals surface area contributed by atoms with Crippen molar-refractivity contribution in [1.29, 1.82) is 0 Å². The summed E-state index contributed by atoms with van der Waals surface area (Å²) in [7, 11) is 0. The molecule has 4 heteroatoms. The number of aryl methyl sites for hydroxylation is 3. The first-order valence-corrected chi connectivity index (χ1v) is 6.40. The van der Waals surface area contributed by atoms with Gasteiger partial charge in [0.05, 0.1) is 17.5 Å². The maximum atomic E-state index is 12.1. The number of nitrogens with one attached hydrogen (secondary N) is 1. The van der Waals surface area contributed by atoms with E-state index in [1.165, 1.54) is 6.26 Å². The Labute approximate surface area is 114 Å². The van der Waals surface area contributed by atoms with Crippen molar-refractivity contribution >= 4 is 27.5 Å². The van der Waals surface area contributed by atoms with Crippen LogP contribution >= 0.6 is 15.9 Å². The van der Waals surface area contributed by atoms with Crippen molar-refractivity contribution in [3.8, 4) is 0 Å². The van der Waals surface area contributed by atoms with Crippen molar-refractivity contribution in [2.24, 2.45) is 0 Å². The molecular formula is C14H14BrNO2. The lowest BCUT2D eigenvalue weighted by molar-refractivity contribution is 0.102. The molecule has 1 aromatic heterocycles. The van der Waals surface area contributed by atoms with Gasteiger partial charge < -0.3 is 9.73 Å². The van der Waals surface area contributed by atoms with Crippen molar-refractivity contribution in [1.82, 2.24) is 0 Å². The number of amides is 1. The zero-order valence-electron chi connectivity index (χ0n) is 10.5. The fourth-order valence-corrected chi connectivity index (χ4v) is 2.65. The minimum atomic E-state index is -0.158. The highest BCUT2D eigenvalue weighted by atomic mass is 79.9. The van der Waals surface area contributed by atoms with E-state index in [0.29, 0.717) is 11.3 Å². The van der Waals surface area contributed by atoms with Crippen LogP contribution in [-0.2, 0) is 0 Å². The van der Waals surface area contributed by atoms with Gasteiger partial charge in [0.1, 0.15) is 5.76 Å². The molecule has 0 bridgehead atoms. The zero-order chi connectivity index (χ0) is 13.3. The highest BCUT2D eigenvalue weighted by molar-refractivity contribution is 9.10. The molecule has 0 radical (unpaired) electrons. The predicted octanol–water partition coefficient (Wildman–Crippen LogP) is 4.22. The van der Waals surface area contributed by atoms with Crippen LogP contribution < -0.4 is 5.32 Å². The molecule has 2 rings (SSSR count). The van der Waals surface area contributed by atoms with Gasteiger partial charge in [-0.3, -0.25) is 4.79 Å². The van der Waals surface area contributed by atoms with Gasteiger partial charge in [-0.25, -0.2) is 0 Å². The summed E-state index contributed by atoms with van der Waals surface area (Å²) in [4.78, 5) is 12.1. The van der Waals surface area contributed by atoms with Crippen LogP contribution in [0, 0.1) is 20.8 Å². The maximum Gasteiger partial charge on any atom is 0.259 e. The van der Waals surface area contributed by atoms with Crippen LogP contribution in [-0.4, -0.2) is 5.91 Å². The Kier molecular flexibility index (Phi) is 3.57. The number of halogens is 1. The first-order chi connectivity index (χ1) is 8.49. The van der Waals surface area contributed by atoms with Gasteiger partial charge >= 0.3 is 0 Å². The Hall–Kier alpha value is -1.55. The van der Waals surface area contributed by atoms with Gasteiger partial charge in [0.25, 0.3) is 5.91 Å². The first-order valence-electron chi connectivity index (χ1n) is 5.61. The average Bonchev–Trinajstić information content (AvgIpc) is 2.69. The summed E-state index contributed by atoms with van der Waals surface area (Å²) in [6, 6.07) is 5.68. The van der Waals surface area contributed by atoms with Gasteiger partial charge in [0.2, 0.25) is 0 Å². The van der Waals surface area contributed by atoms with Gasteiger partial charge in [-0.15, -0.1) is 0 Å². The molecule has 0 aliphatic heterocycles. The molecule has 2 aromatic rings. The normalized spacial score (nSPS) is 10.4. The SMILES string of the molecule is Cc1cc(C)c(NC(=O)c2ccoc2C)c(Br)c1. The van der Waals surface area contributed by atoms with Crippen molar-refractivity contribution < 1.29 is 9.21 Å². The second-order valence-electron chi connectivity index (χ2n) is 4.28. The van der Waals surface area contributed by atoms with Gasteiger partial charge in [0.15, 0.2) is 0 Å². The van der Waals surface area contributed by atoms with Gasteiger partial charge in [-0.05, 0) is 60.0 Å². The molecule has 0 saturated carbocycles. The fourth-order valence-electron chi connectivity index (χ4n) is 1.88. The molecule has 94 valence electrons. The maximum absolute atomic E-state index is 12.1. The summed E-state index contributed by atoms with van der Waals surface area (Å²) in [5.41, 5.74) is 3.53. The molecule has 1 aromatic carbocycles. The number of carbonyl (C=O) groups is 1. The largest absolute Gasteiger partial charge is 0.469 e. The lowest BCUT2D eigenvalue weighted by atomic mass is 10.1. The van der Waals surface area contributed by atoms with Crippen LogP contribution in [0.5, 0.6) is 0 Å². The molecule has 0 aliphatic carbocycles. The molecule has 0 fully saturated rings. The molecule has 1 N–H and O–H groups in total. The Bertz CT molecular complexity index is 579. The van der Waals surface area contributed by atoms with Crippen LogP contribution in [0.4, 0.5) is 5.69 Å². The number of benzene rings is 1. The smallest absolute Gasteiger partial charge is 0.259 e. The molecule has 18 heavy (non-hydrogen) atoms. The summed E-state index contributed by atoms with van der Waals surface area (Å²) in [6.07, 6.45) is 1.52. The topological polar surface area (TPSA) is 42.2 Å². The number of furan rings is 1. The second-order valence-corrected chi connectivity index (χ2v) is 5.14. The molecule has 0 saturated heterocycles. The molecular weight excluding hydrogens is 294 g/mol. The highest BCUT2D eigenvalue weighted by Crippen LogP contribution is 2.28. The van der Waals surface area contributed by atoms with E-state index in [-0.39, 0.29) is 5.91 Å². The second kappa shape index (κ2) is 4.98. The molecule has 1 amide bonds. The van der Waals surface area contributed by atoms with E-state index in [9.17, 15) is 4.79 Å². The molecule has 0 atom stereocenters. The first kappa shape index (κ1) is 12.9. The molecule has 0 spiro atoms. The van der Waals surface area contributed by atoms with Gasteiger partial charge in [-0.2, -0.15) is 0 Å². The Morgan fingerprint density at radius 1 is 1.28 bits per heavy atom. The number of carbonyl (C=O) groups excluding carboxylic acids is 1. The van der Waals surface area contributed by atoms with Crippen LogP contribution in [0.2, 0.25) is 0 Å². The summed E-state index contributed by atoms with van der Waals surface area (Å²) in [5.74, 6) is 0.460. The minimum Gasteiger partial charge on any atom is -0.469 e.